The third-order valence-corrected chi connectivity index (χ3v) is 3.48. The molecule has 2 N–H and O–H groups in total. The normalized spacial score (nSPS) is 13.5. The first-order valence-electron chi connectivity index (χ1n) is 6.42. The fraction of sp³-hybridized carbons (Fsp3) is 0.600. The highest BCUT2D eigenvalue weighted by Gasteiger charge is 2.19. The molecule has 1 unspecified atom stereocenters. The first kappa shape index (κ1) is 15.3. The number of methoxy groups -OCH3 is 1. The molecule has 0 aliphatic carbocycles. The molecule has 3 heteroatoms. The van der Waals surface area contributed by atoms with Gasteiger partial charge in [-0.2, -0.15) is 0 Å². The monoisotopic (exact) mass is 269 g/mol. The standard InChI is InChI=1S/C15H24ClNO/c1-6-12(17)8-10-7-11(15(2,3)4)9-13(16)14(10)18-5/h7,9,12H,6,8,17H2,1-5H3. The minimum absolute atomic E-state index is 0.0704. The molecule has 102 valence electrons. The summed E-state index contributed by atoms with van der Waals surface area (Å²) in [7, 11) is 1.65. The first-order chi connectivity index (χ1) is 8.29. The lowest BCUT2D eigenvalue weighted by molar-refractivity contribution is 0.407. The van der Waals surface area contributed by atoms with Crippen LogP contribution in [-0.2, 0) is 11.8 Å². The van der Waals surface area contributed by atoms with Crippen LogP contribution < -0.4 is 10.5 Å². The van der Waals surface area contributed by atoms with Crippen molar-refractivity contribution in [3.63, 3.8) is 0 Å². The molecule has 0 spiro atoms. The van der Waals surface area contributed by atoms with Gasteiger partial charge in [0.15, 0.2) is 0 Å². The van der Waals surface area contributed by atoms with Gasteiger partial charge in [-0.05, 0) is 35.4 Å². The van der Waals surface area contributed by atoms with Gasteiger partial charge in [0, 0.05) is 6.04 Å². The molecule has 2 nitrogen and oxygen atoms in total. The predicted molar refractivity (Wildman–Crippen MR) is 78.7 cm³/mol. The van der Waals surface area contributed by atoms with E-state index >= 15 is 0 Å². The lowest BCUT2D eigenvalue weighted by Crippen LogP contribution is -2.22. The van der Waals surface area contributed by atoms with E-state index in [0.29, 0.717) is 5.02 Å². The molecule has 1 aromatic rings. The highest BCUT2D eigenvalue weighted by Crippen LogP contribution is 2.35. The Labute approximate surface area is 115 Å². The van der Waals surface area contributed by atoms with Crippen LogP contribution in [0.25, 0.3) is 0 Å². The van der Waals surface area contributed by atoms with Gasteiger partial charge in [-0.15, -0.1) is 0 Å². The highest BCUT2D eigenvalue weighted by molar-refractivity contribution is 6.32. The summed E-state index contributed by atoms with van der Waals surface area (Å²) in [6, 6.07) is 4.30. The summed E-state index contributed by atoms with van der Waals surface area (Å²) in [5.74, 6) is 0.758. The van der Waals surface area contributed by atoms with Crippen LogP contribution in [0.4, 0.5) is 0 Å². The minimum atomic E-state index is 0.0704. The Morgan fingerprint density at radius 3 is 2.39 bits per heavy atom. The Bertz CT molecular complexity index is 410. The first-order valence-corrected chi connectivity index (χ1v) is 6.79. The topological polar surface area (TPSA) is 35.2 Å². The largest absolute Gasteiger partial charge is 0.495 e. The molecule has 1 rings (SSSR count). The fourth-order valence-corrected chi connectivity index (χ4v) is 2.21. The molecular formula is C15H24ClNO. The summed E-state index contributed by atoms with van der Waals surface area (Å²) in [4.78, 5) is 0. The average molecular weight is 270 g/mol. The van der Waals surface area contributed by atoms with Crippen molar-refractivity contribution in [1.29, 1.82) is 0 Å². The van der Waals surface area contributed by atoms with Crippen molar-refractivity contribution in [3.8, 4) is 5.75 Å². The molecule has 0 heterocycles. The van der Waals surface area contributed by atoms with Crippen molar-refractivity contribution in [2.45, 2.75) is 52.0 Å². The summed E-state index contributed by atoms with van der Waals surface area (Å²) < 4.78 is 5.40. The molecule has 1 aromatic carbocycles. The van der Waals surface area contributed by atoms with Gasteiger partial charge in [-0.1, -0.05) is 45.4 Å². The van der Waals surface area contributed by atoms with Crippen molar-refractivity contribution in [2.75, 3.05) is 7.11 Å². The second-order valence-electron chi connectivity index (χ2n) is 5.77. The van der Waals surface area contributed by atoms with Crippen LogP contribution in [0.1, 0.15) is 45.2 Å². The van der Waals surface area contributed by atoms with Gasteiger partial charge in [-0.3, -0.25) is 0 Å². The van der Waals surface area contributed by atoms with Gasteiger partial charge in [0.05, 0.1) is 12.1 Å². The second-order valence-corrected chi connectivity index (χ2v) is 6.18. The van der Waals surface area contributed by atoms with E-state index < -0.39 is 0 Å². The summed E-state index contributed by atoms with van der Waals surface area (Å²) in [6.07, 6.45) is 1.74. The predicted octanol–water partition coefficient (Wildman–Crippen LogP) is 3.93. The number of benzene rings is 1. The van der Waals surface area contributed by atoms with E-state index in [4.69, 9.17) is 22.1 Å². The Hall–Kier alpha value is -0.730. The van der Waals surface area contributed by atoms with Gasteiger partial charge in [0.2, 0.25) is 0 Å². The number of ether oxygens (including phenoxy) is 1. The van der Waals surface area contributed by atoms with Crippen molar-refractivity contribution in [1.82, 2.24) is 0 Å². The lowest BCUT2D eigenvalue weighted by Gasteiger charge is -2.23. The van der Waals surface area contributed by atoms with Gasteiger partial charge in [-0.25, -0.2) is 0 Å². The van der Waals surface area contributed by atoms with E-state index in [2.05, 4.69) is 33.8 Å². The maximum Gasteiger partial charge on any atom is 0.140 e. The number of hydrogen-bond acceptors (Lipinski definition) is 2. The summed E-state index contributed by atoms with van der Waals surface area (Å²) in [6.45, 7) is 8.62. The zero-order valence-corrected chi connectivity index (χ0v) is 12.8. The number of nitrogens with two attached hydrogens (primary N) is 1. The van der Waals surface area contributed by atoms with Crippen LogP contribution in [0.3, 0.4) is 0 Å². The maximum atomic E-state index is 6.30. The Morgan fingerprint density at radius 2 is 1.94 bits per heavy atom. The molecule has 0 saturated heterocycles. The Kier molecular flexibility index (Phi) is 5.06. The van der Waals surface area contributed by atoms with Crippen LogP contribution in [0, 0.1) is 0 Å². The minimum Gasteiger partial charge on any atom is -0.495 e. The molecule has 0 aliphatic rings. The SMILES string of the molecule is CCC(N)Cc1cc(C(C)(C)C)cc(Cl)c1OC. The third kappa shape index (κ3) is 3.63. The van der Waals surface area contributed by atoms with Crippen LogP contribution in [0.15, 0.2) is 12.1 Å². The lowest BCUT2D eigenvalue weighted by atomic mass is 9.85. The number of hydrogen-bond donors (Lipinski definition) is 1. The summed E-state index contributed by atoms with van der Waals surface area (Å²) in [5.41, 5.74) is 8.43. The third-order valence-electron chi connectivity index (χ3n) is 3.20. The fourth-order valence-electron chi connectivity index (χ4n) is 1.89. The molecule has 0 aliphatic heterocycles. The summed E-state index contributed by atoms with van der Waals surface area (Å²) in [5, 5.41) is 0.670. The van der Waals surface area contributed by atoms with Gasteiger partial charge >= 0.3 is 0 Å². The van der Waals surface area contributed by atoms with Gasteiger partial charge < -0.3 is 10.5 Å². The molecule has 0 fully saturated rings. The number of halogens is 1. The smallest absolute Gasteiger partial charge is 0.140 e. The maximum absolute atomic E-state index is 6.30. The molecule has 0 radical (unpaired) electrons. The highest BCUT2D eigenvalue weighted by atomic mass is 35.5. The van der Waals surface area contributed by atoms with E-state index in [-0.39, 0.29) is 11.5 Å². The zero-order valence-electron chi connectivity index (χ0n) is 12.0. The van der Waals surface area contributed by atoms with Gasteiger partial charge in [0.25, 0.3) is 0 Å². The molecule has 0 aromatic heterocycles. The van der Waals surface area contributed by atoms with Crippen LogP contribution >= 0.6 is 11.6 Å². The van der Waals surface area contributed by atoms with Crippen LogP contribution in [0.5, 0.6) is 5.75 Å². The van der Waals surface area contributed by atoms with E-state index in [1.807, 2.05) is 6.07 Å². The Morgan fingerprint density at radius 1 is 1.33 bits per heavy atom. The molecule has 0 saturated carbocycles. The van der Waals surface area contributed by atoms with E-state index in [0.717, 1.165) is 24.2 Å². The molecule has 0 bridgehead atoms. The van der Waals surface area contributed by atoms with Gasteiger partial charge in [0.1, 0.15) is 5.75 Å². The zero-order chi connectivity index (χ0) is 13.9. The quantitative estimate of drug-likeness (QED) is 0.899. The van der Waals surface area contributed by atoms with E-state index in [1.54, 1.807) is 7.11 Å². The molecule has 1 atom stereocenters. The second kappa shape index (κ2) is 5.94. The molecular weight excluding hydrogens is 246 g/mol. The number of rotatable bonds is 4. The molecule has 0 amide bonds. The molecule has 18 heavy (non-hydrogen) atoms. The van der Waals surface area contributed by atoms with Crippen LogP contribution in [0.2, 0.25) is 5.02 Å². The van der Waals surface area contributed by atoms with Crippen LogP contribution in [-0.4, -0.2) is 13.2 Å². The van der Waals surface area contributed by atoms with Crippen molar-refractivity contribution < 1.29 is 4.74 Å². The van der Waals surface area contributed by atoms with Crippen molar-refractivity contribution in [2.24, 2.45) is 5.73 Å². The van der Waals surface area contributed by atoms with Crippen molar-refractivity contribution in [3.05, 3.63) is 28.3 Å². The van der Waals surface area contributed by atoms with E-state index in [1.165, 1.54) is 5.56 Å². The van der Waals surface area contributed by atoms with Crippen molar-refractivity contribution >= 4 is 11.6 Å². The Balaban J connectivity index is 3.23. The van der Waals surface area contributed by atoms with E-state index in [9.17, 15) is 0 Å². The average Bonchev–Trinajstić information content (AvgIpc) is 2.27. The summed E-state index contributed by atoms with van der Waals surface area (Å²) >= 11 is 6.30.